The van der Waals surface area contributed by atoms with Crippen LogP contribution in [0.25, 0.3) is 0 Å². The topological polar surface area (TPSA) is 55.6 Å². The molecule has 2 aromatic rings. The molecule has 0 aliphatic carbocycles. The highest BCUT2D eigenvalue weighted by Crippen LogP contribution is 2.10. The normalized spacial score (nSPS) is 10.3. The van der Waals surface area contributed by atoms with E-state index in [9.17, 15) is 0 Å². The molecule has 0 bridgehead atoms. The van der Waals surface area contributed by atoms with Gasteiger partial charge in [-0.25, -0.2) is 4.98 Å². The molecule has 15 heavy (non-hydrogen) atoms. The lowest BCUT2D eigenvalue weighted by atomic mass is 10.4. The molecule has 0 unspecified atom stereocenters. The van der Waals surface area contributed by atoms with E-state index in [1.165, 1.54) is 0 Å². The first-order chi connectivity index (χ1) is 7.25. The average Bonchev–Trinajstić information content (AvgIpc) is 2.61. The molecule has 0 radical (unpaired) electrons. The highest BCUT2D eigenvalue weighted by molar-refractivity contribution is 9.10. The van der Waals surface area contributed by atoms with Gasteiger partial charge < -0.3 is 9.88 Å². The van der Waals surface area contributed by atoms with Crippen LogP contribution in [-0.4, -0.2) is 19.7 Å². The number of halogens is 1. The van der Waals surface area contributed by atoms with E-state index in [4.69, 9.17) is 0 Å². The number of rotatable bonds is 3. The molecule has 0 amide bonds. The van der Waals surface area contributed by atoms with Gasteiger partial charge >= 0.3 is 0 Å². The Bertz CT molecular complexity index is 453. The van der Waals surface area contributed by atoms with Crippen molar-refractivity contribution >= 4 is 21.7 Å². The summed E-state index contributed by atoms with van der Waals surface area (Å²) >= 11 is 3.31. The summed E-state index contributed by atoms with van der Waals surface area (Å²) in [7, 11) is 1.91. The van der Waals surface area contributed by atoms with Crippen molar-refractivity contribution in [3.05, 3.63) is 35.0 Å². The maximum Gasteiger partial charge on any atom is 0.151 e. The Morgan fingerprint density at radius 2 is 2.33 bits per heavy atom. The number of aryl methyl sites for hydroxylation is 1. The number of hydrogen-bond acceptors (Lipinski definition) is 4. The summed E-state index contributed by atoms with van der Waals surface area (Å²) in [5, 5.41) is 10.9. The van der Waals surface area contributed by atoms with Crippen LogP contribution >= 0.6 is 15.9 Å². The Balaban J connectivity index is 2.02. The number of nitrogens with zero attached hydrogens (tertiary/aromatic N) is 4. The van der Waals surface area contributed by atoms with E-state index in [0.29, 0.717) is 6.54 Å². The SMILES string of the molecule is Cn1cnnc1CNc1cccc(Br)n1. The van der Waals surface area contributed by atoms with Crippen molar-refractivity contribution in [3.8, 4) is 0 Å². The molecule has 2 aromatic heterocycles. The molecule has 0 saturated heterocycles. The third-order valence-electron chi connectivity index (χ3n) is 1.95. The smallest absolute Gasteiger partial charge is 0.151 e. The molecular weight excluding hydrogens is 258 g/mol. The number of pyridine rings is 1. The minimum absolute atomic E-state index is 0.611. The lowest BCUT2D eigenvalue weighted by Crippen LogP contribution is -2.06. The Hall–Kier alpha value is -1.43. The molecule has 0 fully saturated rings. The molecule has 2 rings (SSSR count). The number of aromatic nitrogens is 4. The van der Waals surface area contributed by atoms with Crippen molar-refractivity contribution in [1.82, 2.24) is 19.7 Å². The highest BCUT2D eigenvalue weighted by atomic mass is 79.9. The molecule has 0 aliphatic heterocycles. The number of anilines is 1. The summed E-state index contributed by atoms with van der Waals surface area (Å²) in [5.74, 6) is 1.68. The van der Waals surface area contributed by atoms with E-state index in [0.717, 1.165) is 16.2 Å². The molecule has 0 aliphatic rings. The maximum atomic E-state index is 4.25. The van der Waals surface area contributed by atoms with Crippen LogP contribution in [0.3, 0.4) is 0 Å². The molecule has 6 heteroatoms. The third kappa shape index (κ3) is 2.53. The second kappa shape index (κ2) is 4.39. The summed E-state index contributed by atoms with van der Waals surface area (Å²) in [4.78, 5) is 4.25. The van der Waals surface area contributed by atoms with E-state index < -0.39 is 0 Å². The Morgan fingerprint density at radius 1 is 1.47 bits per heavy atom. The minimum atomic E-state index is 0.611. The predicted octanol–water partition coefficient (Wildman–Crippen LogP) is 1.58. The van der Waals surface area contributed by atoms with Gasteiger partial charge in [-0.3, -0.25) is 0 Å². The van der Waals surface area contributed by atoms with Crippen molar-refractivity contribution < 1.29 is 0 Å². The highest BCUT2D eigenvalue weighted by Gasteiger charge is 2.00. The molecule has 0 atom stereocenters. The molecular formula is C9H10BrN5. The zero-order valence-corrected chi connectivity index (χ0v) is 9.77. The first-order valence-electron chi connectivity index (χ1n) is 4.45. The van der Waals surface area contributed by atoms with Gasteiger partial charge in [0, 0.05) is 7.05 Å². The fourth-order valence-electron chi connectivity index (χ4n) is 1.14. The van der Waals surface area contributed by atoms with Crippen molar-refractivity contribution in [2.75, 3.05) is 5.32 Å². The molecule has 1 N–H and O–H groups in total. The zero-order valence-electron chi connectivity index (χ0n) is 8.18. The lowest BCUT2D eigenvalue weighted by molar-refractivity contribution is 0.810. The Kier molecular flexibility index (Phi) is 2.96. The van der Waals surface area contributed by atoms with E-state index >= 15 is 0 Å². The van der Waals surface area contributed by atoms with Crippen molar-refractivity contribution in [2.45, 2.75) is 6.54 Å². The molecule has 78 valence electrons. The van der Waals surface area contributed by atoms with E-state index in [1.807, 2.05) is 29.8 Å². The summed E-state index contributed by atoms with van der Waals surface area (Å²) in [6.45, 7) is 0.611. The second-order valence-electron chi connectivity index (χ2n) is 3.06. The molecule has 5 nitrogen and oxygen atoms in total. The van der Waals surface area contributed by atoms with E-state index in [-0.39, 0.29) is 0 Å². The van der Waals surface area contributed by atoms with E-state index in [2.05, 4.69) is 36.4 Å². The van der Waals surface area contributed by atoms with Gasteiger partial charge in [-0.1, -0.05) is 6.07 Å². The molecule has 0 aromatic carbocycles. The van der Waals surface area contributed by atoms with Gasteiger partial charge in [0.2, 0.25) is 0 Å². The van der Waals surface area contributed by atoms with E-state index in [1.54, 1.807) is 6.33 Å². The monoisotopic (exact) mass is 267 g/mol. The van der Waals surface area contributed by atoms with Crippen molar-refractivity contribution in [1.29, 1.82) is 0 Å². The fraction of sp³-hybridized carbons (Fsp3) is 0.222. The Morgan fingerprint density at radius 3 is 3.00 bits per heavy atom. The Labute approximate surface area is 95.7 Å². The van der Waals surface area contributed by atoms with Gasteiger partial charge in [-0.2, -0.15) is 0 Å². The number of nitrogens with one attached hydrogen (secondary N) is 1. The molecule has 2 heterocycles. The molecule has 0 saturated carbocycles. The van der Waals surface area contributed by atoms with Gasteiger partial charge in [0.1, 0.15) is 16.7 Å². The number of hydrogen-bond donors (Lipinski definition) is 1. The fourth-order valence-corrected chi connectivity index (χ4v) is 1.49. The maximum absolute atomic E-state index is 4.25. The first-order valence-corrected chi connectivity index (χ1v) is 5.24. The van der Waals surface area contributed by atoms with Crippen LogP contribution in [0.15, 0.2) is 29.1 Å². The van der Waals surface area contributed by atoms with Gasteiger partial charge in [0.05, 0.1) is 6.54 Å². The quantitative estimate of drug-likeness (QED) is 0.859. The van der Waals surface area contributed by atoms with Gasteiger partial charge in [-0.15, -0.1) is 10.2 Å². The standard InChI is InChI=1S/C9H10BrN5/c1-15-6-12-14-9(15)5-11-8-4-2-3-7(10)13-8/h2-4,6H,5H2,1H3,(H,11,13). The summed E-state index contributed by atoms with van der Waals surface area (Å²) < 4.78 is 2.68. The van der Waals surface area contributed by atoms with Crippen LogP contribution < -0.4 is 5.32 Å². The van der Waals surface area contributed by atoms with Crippen LogP contribution in [0.2, 0.25) is 0 Å². The van der Waals surface area contributed by atoms with Gasteiger partial charge in [-0.05, 0) is 28.1 Å². The second-order valence-corrected chi connectivity index (χ2v) is 3.87. The van der Waals surface area contributed by atoms with Crippen molar-refractivity contribution in [3.63, 3.8) is 0 Å². The molecule has 0 spiro atoms. The van der Waals surface area contributed by atoms with Crippen LogP contribution in [0.4, 0.5) is 5.82 Å². The van der Waals surface area contributed by atoms with Crippen LogP contribution in [0, 0.1) is 0 Å². The average molecular weight is 268 g/mol. The third-order valence-corrected chi connectivity index (χ3v) is 2.39. The summed E-state index contributed by atoms with van der Waals surface area (Å²) in [5.41, 5.74) is 0. The first kappa shape index (κ1) is 10.1. The van der Waals surface area contributed by atoms with Crippen LogP contribution in [0.1, 0.15) is 5.82 Å². The van der Waals surface area contributed by atoms with Crippen LogP contribution in [0.5, 0.6) is 0 Å². The lowest BCUT2D eigenvalue weighted by Gasteiger charge is -2.04. The summed E-state index contributed by atoms with van der Waals surface area (Å²) in [6, 6.07) is 5.71. The largest absolute Gasteiger partial charge is 0.363 e. The van der Waals surface area contributed by atoms with Crippen molar-refractivity contribution in [2.24, 2.45) is 7.05 Å². The van der Waals surface area contributed by atoms with Crippen LogP contribution in [-0.2, 0) is 13.6 Å². The van der Waals surface area contributed by atoms with Gasteiger partial charge in [0.15, 0.2) is 5.82 Å². The van der Waals surface area contributed by atoms with Gasteiger partial charge in [0.25, 0.3) is 0 Å². The zero-order chi connectivity index (χ0) is 10.7. The predicted molar refractivity (Wildman–Crippen MR) is 60.3 cm³/mol. The summed E-state index contributed by atoms with van der Waals surface area (Å²) in [6.07, 6.45) is 1.67. The minimum Gasteiger partial charge on any atom is -0.363 e.